The van der Waals surface area contributed by atoms with Crippen LogP contribution in [0.4, 0.5) is 5.13 Å². The number of rotatable bonds is 6. The van der Waals surface area contributed by atoms with Gasteiger partial charge in [-0.1, -0.05) is 54.2 Å². The van der Waals surface area contributed by atoms with Crippen LogP contribution in [0.1, 0.15) is 11.3 Å². The Bertz CT molecular complexity index is 1220. The number of nitrogens with one attached hydrogen (secondary N) is 1. The second-order valence-corrected chi connectivity index (χ2v) is 8.22. The van der Waals surface area contributed by atoms with Gasteiger partial charge in [0.25, 0.3) is 5.56 Å². The summed E-state index contributed by atoms with van der Waals surface area (Å²) in [5.74, 6) is -0.0453. The summed E-state index contributed by atoms with van der Waals surface area (Å²) < 4.78 is 1.63. The monoisotopic (exact) mass is 422 g/mol. The van der Waals surface area contributed by atoms with Crippen LogP contribution in [0.15, 0.2) is 69.9 Å². The summed E-state index contributed by atoms with van der Waals surface area (Å²) in [7, 11) is 0. The number of aryl methyl sites for hydroxylation is 1. The van der Waals surface area contributed by atoms with E-state index in [0.717, 1.165) is 11.3 Å². The number of benzene rings is 2. The van der Waals surface area contributed by atoms with E-state index in [0.29, 0.717) is 27.7 Å². The van der Waals surface area contributed by atoms with Crippen LogP contribution in [0, 0.1) is 6.92 Å². The number of amides is 1. The summed E-state index contributed by atoms with van der Waals surface area (Å²) in [6.45, 7) is 2.27. The molecule has 0 aliphatic heterocycles. The molecular formula is C21H18N4O2S2. The lowest BCUT2D eigenvalue weighted by molar-refractivity contribution is -0.113. The largest absolute Gasteiger partial charge is 0.301 e. The normalized spacial score (nSPS) is 10.9. The number of para-hydroxylation sites is 1. The number of nitrogens with zero attached hydrogens (tertiary/aromatic N) is 3. The molecule has 0 aliphatic carbocycles. The molecule has 146 valence electrons. The predicted molar refractivity (Wildman–Crippen MR) is 118 cm³/mol. The molecular weight excluding hydrogens is 404 g/mol. The van der Waals surface area contributed by atoms with Crippen molar-refractivity contribution in [3.8, 4) is 0 Å². The molecule has 0 saturated heterocycles. The third-order valence-electron chi connectivity index (χ3n) is 4.21. The zero-order valence-electron chi connectivity index (χ0n) is 15.7. The maximum Gasteiger partial charge on any atom is 0.262 e. The first-order chi connectivity index (χ1) is 14.1. The van der Waals surface area contributed by atoms with Gasteiger partial charge in [-0.2, -0.15) is 0 Å². The van der Waals surface area contributed by atoms with E-state index < -0.39 is 0 Å². The van der Waals surface area contributed by atoms with Crippen LogP contribution in [0.25, 0.3) is 10.9 Å². The predicted octanol–water partition coefficient (Wildman–Crippen LogP) is 3.94. The fourth-order valence-corrected chi connectivity index (χ4v) is 4.36. The third kappa shape index (κ3) is 4.55. The first-order valence-corrected chi connectivity index (χ1v) is 10.8. The van der Waals surface area contributed by atoms with Crippen molar-refractivity contribution in [2.45, 2.75) is 18.6 Å². The number of anilines is 1. The summed E-state index contributed by atoms with van der Waals surface area (Å²) in [4.78, 5) is 34.3. The van der Waals surface area contributed by atoms with Crippen LogP contribution >= 0.6 is 23.1 Å². The van der Waals surface area contributed by atoms with Gasteiger partial charge in [-0.25, -0.2) is 9.97 Å². The van der Waals surface area contributed by atoms with Gasteiger partial charge in [0.05, 0.1) is 28.9 Å². The lowest BCUT2D eigenvalue weighted by atomic mass is 10.2. The molecule has 0 fully saturated rings. The van der Waals surface area contributed by atoms with E-state index in [2.05, 4.69) is 15.3 Å². The Labute approximate surface area is 175 Å². The molecule has 0 radical (unpaired) electrons. The van der Waals surface area contributed by atoms with Gasteiger partial charge in [-0.15, -0.1) is 11.3 Å². The van der Waals surface area contributed by atoms with E-state index in [1.807, 2.05) is 60.8 Å². The van der Waals surface area contributed by atoms with Crippen molar-refractivity contribution < 1.29 is 4.79 Å². The molecule has 1 N–H and O–H groups in total. The molecule has 8 heteroatoms. The van der Waals surface area contributed by atoms with E-state index in [4.69, 9.17) is 0 Å². The van der Waals surface area contributed by atoms with Crippen molar-refractivity contribution in [3.05, 3.63) is 81.6 Å². The summed E-state index contributed by atoms with van der Waals surface area (Å²) in [6, 6.07) is 17.0. The van der Waals surface area contributed by atoms with Crippen LogP contribution in [0.5, 0.6) is 0 Å². The molecule has 1 amide bonds. The molecule has 0 atom stereocenters. The van der Waals surface area contributed by atoms with E-state index in [-0.39, 0.29) is 17.2 Å². The summed E-state index contributed by atoms with van der Waals surface area (Å²) in [5.41, 5.74) is 2.38. The van der Waals surface area contributed by atoms with Crippen LogP contribution in [-0.4, -0.2) is 26.2 Å². The van der Waals surface area contributed by atoms with Crippen molar-refractivity contribution in [2.24, 2.45) is 0 Å². The minimum atomic E-state index is -0.182. The SMILES string of the molecule is Cc1csc(NC(=O)CSc2nc3ccccc3c(=O)n2Cc2ccccc2)n1. The molecule has 2 aromatic carbocycles. The number of carbonyl (C=O) groups is 1. The van der Waals surface area contributed by atoms with E-state index in [9.17, 15) is 9.59 Å². The molecule has 29 heavy (non-hydrogen) atoms. The molecule has 6 nitrogen and oxygen atoms in total. The Morgan fingerprint density at radius 1 is 1.10 bits per heavy atom. The van der Waals surface area contributed by atoms with E-state index >= 15 is 0 Å². The lowest BCUT2D eigenvalue weighted by Crippen LogP contribution is -2.24. The van der Waals surface area contributed by atoms with Gasteiger partial charge in [0.15, 0.2) is 10.3 Å². The lowest BCUT2D eigenvalue weighted by Gasteiger charge is -2.13. The molecule has 4 rings (SSSR count). The highest BCUT2D eigenvalue weighted by molar-refractivity contribution is 7.99. The molecule has 2 heterocycles. The number of carbonyl (C=O) groups excluding carboxylic acids is 1. The quantitative estimate of drug-likeness (QED) is 0.376. The number of thioether (sulfide) groups is 1. The van der Waals surface area contributed by atoms with Crippen molar-refractivity contribution in [3.63, 3.8) is 0 Å². The van der Waals surface area contributed by atoms with Crippen LogP contribution in [-0.2, 0) is 11.3 Å². The van der Waals surface area contributed by atoms with Crippen LogP contribution in [0.3, 0.4) is 0 Å². The minimum Gasteiger partial charge on any atom is -0.301 e. The Kier molecular flexibility index (Phi) is 5.73. The smallest absolute Gasteiger partial charge is 0.262 e. The molecule has 4 aromatic rings. The first kappa shape index (κ1) is 19.4. The van der Waals surface area contributed by atoms with Gasteiger partial charge in [-0.3, -0.25) is 14.2 Å². The average molecular weight is 423 g/mol. The fourth-order valence-electron chi connectivity index (χ4n) is 2.86. The zero-order valence-corrected chi connectivity index (χ0v) is 17.3. The van der Waals surface area contributed by atoms with E-state index in [1.54, 1.807) is 10.6 Å². The highest BCUT2D eigenvalue weighted by Gasteiger charge is 2.14. The van der Waals surface area contributed by atoms with Crippen molar-refractivity contribution in [2.75, 3.05) is 11.1 Å². The van der Waals surface area contributed by atoms with Gasteiger partial charge in [0, 0.05) is 5.38 Å². The standard InChI is InChI=1S/C21H18N4O2S2/c1-14-12-28-20(22-14)24-18(26)13-29-21-23-17-10-6-5-9-16(17)19(27)25(21)11-15-7-3-2-4-8-15/h2-10,12H,11,13H2,1H3,(H,22,24,26). The van der Waals surface area contributed by atoms with Crippen LogP contribution < -0.4 is 10.9 Å². The Morgan fingerprint density at radius 3 is 2.62 bits per heavy atom. The second kappa shape index (κ2) is 8.59. The van der Waals surface area contributed by atoms with Gasteiger partial charge in [-0.05, 0) is 24.6 Å². The molecule has 2 aromatic heterocycles. The molecule has 0 aliphatic rings. The Balaban J connectivity index is 1.62. The van der Waals surface area contributed by atoms with Gasteiger partial charge in [0.1, 0.15) is 0 Å². The fraction of sp³-hybridized carbons (Fsp3) is 0.143. The second-order valence-electron chi connectivity index (χ2n) is 6.42. The summed E-state index contributed by atoms with van der Waals surface area (Å²) in [6.07, 6.45) is 0. The topological polar surface area (TPSA) is 76.9 Å². The first-order valence-electron chi connectivity index (χ1n) is 8.98. The number of aromatic nitrogens is 3. The molecule has 0 saturated carbocycles. The maximum atomic E-state index is 13.1. The molecule has 0 unspecified atom stereocenters. The number of fused-ring (bicyclic) bond motifs is 1. The van der Waals surface area contributed by atoms with Crippen LogP contribution in [0.2, 0.25) is 0 Å². The Morgan fingerprint density at radius 2 is 1.86 bits per heavy atom. The highest BCUT2D eigenvalue weighted by atomic mass is 32.2. The van der Waals surface area contributed by atoms with Gasteiger partial charge < -0.3 is 5.32 Å². The van der Waals surface area contributed by atoms with E-state index in [1.165, 1.54) is 23.1 Å². The number of thiazole rings is 1. The average Bonchev–Trinajstić information content (AvgIpc) is 3.14. The highest BCUT2D eigenvalue weighted by Crippen LogP contribution is 2.20. The summed E-state index contributed by atoms with van der Waals surface area (Å²) >= 11 is 2.63. The third-order valence-corrected chi connectivity index (χ3v) is 6.06. The number of hydrogen-bond donors (Lipinski definition) is 1. The molecule has 0 spiro atoms. The number of hydrogen-bond acceptors (Lipinski definition) is 6. The van der Waals surface area contributed by atoms with Crippen molar-refractivity contribution in [1.82, 2.24) is 14.5 Å². The summed E-state index contributed by atoms with van der Waals surface area (Å²) in [5, 5.41) is 6.32. The van der Waals surface area contributed by atoms with Crippen molar-refractivity contribution >= 4 is 45.0 Å². The van der Waals surface area contributed by atoms with Gasteiger partial charge >= 0.3 is 0 Å². The Hall–Kier alpha value is -2.97. The molecule has 0 bridgehead atoms. The van der Waals surface area contributed by atoms with Gasteiger partial charge in [0.2, 0.25) is 5.91 Å². The minimum absolute atomic E-state index is 0.113. The maximum absolute atomic E-state index is 13.1. The van der Waals surface area contributed by atoms with Crippen molar-refractivity contribution in [1.29, 1.82) is 0 Å². The zero-order chi connectivity index (χ0) is 20.2.